The number of nitro groups is 1. The van der Waals surface area contributed by atoms with Crippen molar-refractivity contribution in [1.29, 1.82) is 0 Å². The molecular formula is C17H20N4O4S. The van der Waals surface area contributed by atoms with Crippen LogP contribution in [0.15, 0.2) is 58.5 Å². The highest BCUT2D eigenvalue weighted by molar-refractivity contribution is 7.89. The zero-order valence-corrected chi connectivity index (χ0v) is 15.3. The van der Waals surface area contributed by atoms with Gasteiger partial charge in [0.15, 0.2) is 0 Å². The third-order valence-corrected chi connectivity index (χ3v) is 5.79. The minimum Gasteiger partial charge on any atom is -0.277 e. The Kier molecular flexibility index (Phi) is 6.42. The standard InChI is InChI=1S/C17H20N4O4S/c1-3-20(4-2)26(24,25)17-12-15(21(22)23)10-11-16(17)19-18-13-14-8-6-5-7-9-14/h5-13,19H,3-4H2,1-2H3/b18-13-. The molecule has 0 aliphatic rings. The number of anilines is 1. The van der Waals surface area contributed by atoms with Crippen molar-refractivity contribution in [2.24, 2.45) is 5.10 Å². The molecule has 2 rings (SSSR count). The first-order valence-corrected chi connectivity index (χ1v) is 9.46. The quantitative estimate of drug-likeness (QED) is 0.433. The van der Waals surface area contributed by atoms with E-state index in [-0.39, 0.29) is 29.4 Å². The summed E-state index contributed by atoms with van der Waals surface area (Å²) in [5.74, 6) is 0. The number of benzene rings is 2. The average molecular weight is 376 g/mol. The highest BCUT2D eigenvalue weighted by atomic mass is 32.2. The third kappa shape index (κ3) is 4.44. The summed E-state index contributed by atoms with van der Waals surface area (Å²) in [6.45, 7) is 3.93. The predicted octanol–water partition coefficient (Wildman–Crippen LogP) is 3.07. The van der Waals surface area contributed by atoms with Crippen LogP contribution >= 0.6 is 0 Å². The predicted molar refractivity (Wildman–Crippen MR) is 101 cm³/mol. The van der Waals surface area contributed by atoms with E-state index in [4.69, 9.17) is 0 Å². The number of rotatable bonds is 8. The van der Waals surface area contributed by atoms with Gasteiger partial charge in [0.2, 0.25) is 10.0 Å². The average Bonchev–Trinajstić information content (AvgIpc) is 2.63. The Morgan fingerprint density at radius 1 is 1.15 bits per heavy atom. The van der Waals surface area contributed by atoms with Crippen LogP contribution in [0.1, 0.15) is 19.4 Å². The molecule has 9 heteroatoms. The van der Waals surface area contributed by atoms with E-state index >= 15 is 0 Å². The van der Waals surface area contributed by atoms with Crippen LogP contribution in [-0.2, 0) is 10.0 Å². The number of nitrogens with zero attached hydrogens (tertiary/aromatic N) is 3. The van der Waals surface area contributed by atoms with Gasteiger partial charge in [0.1, 0.15) is 4.90 Å². The highest BCUT2D eigenvalue weighted by Gasteiger charge is 2.27. The van der Waals surface area contributed by atoms with Crippen LogP contribution in [0.3, 0.4) is 0 Å². The van der Waals surface area contributed by atoms with Gasteiger partial charge in [-0.25, -0.2) is 8.42 Å². The second-order valence-electron chi connectivity index (χ2n) is 5.31. The Morgan fingerprint density at radius 3 is 2.38 bits per heavy atom. The summed E-state index contributed by atoms with van der Waals surface area (Å²) in [6, 6.07) is 12.9. The van der Waals surface area contributed by atoms with E-state index in [1.807, 2.05) is 30.3 Å². The first-order valence-electron chi connectivity index (χ1n) is 8.02. The van der Waals surface area contributed by atoms with Crippen LogP contribution in [0.25, 0.3) is 0 Å². The van der Waals surface area contributed by atoms with Crippen molar-refractivity contribution < 1.29 is 13.3 Å². The molecule has 0 atom stereocenters. The Balaban J connectivity index is 2.42. The van der Waals surface area contributed by atoms with E-state index in [0.717, 1.165) is 11.6 Å². The van der Waals surface area contributed by atoms with E-state index in [0.29, 0.717) is 0 Å². The van der Waals surface area contributed by atoms with E-state index in [2.05, 4.69) is 10.5 Å². The maximum atomic E-state index is 12.8. The van der Waals surface area contributed by atoms with Crippen LogP contribution in [0, 0.1) is 10.1 Å². The zero-order chi connectivity index (χ0) is 19.2. The molecule has 0 aliphatic heterocycles. The van der Waals surface area contributed by atoms with E-state index in [1.165, 1.54) is 22.7 Å². The Morgan fingerprint density at radius 2 is 1.81 bits per heavy atom. The Hall–Kier alpha value is -2.78. The zero-order valence-electron chi connectivity index (χ0n) is 14.5. The molecule has 0 amide bonds. The van der Waals surface area contributed by atoms with Crippen molar-refractivity contribution in [2.75, 3.05) is 18.5 Å². The molecule has 138 valence electrons. The fourth-order valence-electron chi connectivity index (χ4n) is 2.35. The van der Waals surface area contributed by atoms with Gasteiger partial charge in [-0.15, -0.1) is 0 Å². The summed E-state index contributed by atoms with van der Waals surface area (Å²) in [7, 11) is -3.89. The molecule has 2 aromatic rings. The summed E-state index contributed by atoms with van der Waals surface area (Å²) in [5, 5.41) is 15.1. The summed E-state index contributed by atoms with van der Waals surface area (Å²) >= 11 is 0. The Bertz CT molecular complexity index is 894. The van der Waals surface area contributed by atoms with Gasteiger partial charge in [-0.1, -0.05) is 44.2 Å². The van der Waals surface area contributed by atoms with Crippen molar-refractivity contribution in [1.82, 2.24) is 4.31 Å². The maximum Gasteiger partial charge on any atom is 0.270 e. The van der Waals surface area contributed by atoms with E-state index < -0.39 is 14.9 Å². The van der Waals surface area contributed by atoms with Crippen molar-refractivity contribution in [2.45, 2.75) is 18.7 Å². The molecule has 0 spiro atoms. The topological polar surface area (TPSA) is 105 Å². The molecule has 0 aromatic heterocycles. The van der Waals surface area contributed by atoms with Gasteiger partial charge < -0.3 is 0 Å². The summed E-state index contributed by atoms with van der Waals surface area (Å²) < 4.78 is 26.9. The van der Waals surface area contributed by atoms with E-state index in [1.54, 1.807) is 13.8 Å². The molecule has 2 aromatic carbocycles. The maximum absolute atomic E-state index is 12.8. The lowest BCUT2D eigenvalue weighted by molar-refractivity contribution is -0.385. The van der Waals surface area contributed by atoms with Gasteiger partial charge in [0, 0.05) is 25.2 Å². The fraction of sp³-hybridized carbons (Fsp3) is 0.235. The number of sulfonamides is 1. The number of non-ortho nitro benzene ring substituents is 1. The number of hydrazone groups is 1. The minimum atomic E-state index is -3.89. The van der Waals surface area contributed by atoms with Crippen LogP contribution in [0.4, 0.5) is 11.4 Å². The molecule has 1 N–H and O–H groups in total. The monoisotopic (exact) mass is 376 g/mol. The summed E-state index contributed by atoms with van der Waals surface area (Å²) in [6.07, 6.45) is 1.54. The summed E-state index contributed by atoms with van der Waals surface area (Å²) in [4.78, 5) is 10.2. The molecule has 0 unspecified atom stereocenters. The lowest BCUT2D eigenvalue weighted by Crippen LogP contribution is -2.31. The largest absolute Gasteiger partial charge is 0.277 e. The van der Waals surface area contributed by atoms with Crippen molar-refractivity contribution in [3.63, 3.8) is 0 Å². The molecule has 0 fully saturated rings. The lowest BCUT2D eigenvalue weighted by Gasteiger charge is -2.20. The number of nitro benzene ring substituents is 1. The van der Waals surface area contributed by atoms with Crippen LogP contribution in [0.5, 0.6) is 0 Å². The molecular weight excluding hydrogens is 356 g/mol. The first kappa shape index (κ1) is 19.5. The minimum absolute atomic E-state index is 0.176. The van der Waals surface area contributed by atoms with Crippen molar-refractivity contribution in [3.05, 3.63) is 64.2 Å². The molecule has 0 heterocycles. The number of hydrogen-bond donors (Lipinski definition) is 1. The number of hydrogen-bond acceptors (Lipinski definition) is 6. The van der Waals surface area contributed by atoms with Crippen molar-refractivity contribution in [3.8, 4) is 0 Å². The molecule has 0 saturated heterocycles. The van der Waals surface area contributed by atoms with Gasteiger partial charge >= 0.3 is 0 Å². The van der Waals surface area contributed by atoms with Gasteiger partial charge in [-0.3, -0.25) is 15.5 Å². The van der Waals surface area contributed by atoms with Crippen LogP contribution in [0.2, 0.25) is 0 Å². The van der Waals surface area contributed by atoms with Gasteiger partial charge in [0.25, 0.3) is 5.69 Å². The highest BCUT2D eigenvalue weighted by Crippen LogP contribution is 2.29. The molecule has 26 heavy (non-hydrogen) atoms. The first-order chi connectivity index (χ1) is 12.4. The number of nitrogens with one attached hydrogen (secondary N) is 1. The second kappa shape index (κ2) is 8.54. The molecule has 0 aliphatic carbocycles. The fourth-order valence-corrected chi connectivity index (χ4v) is 3.97. The second-order valence-corrected chi connectivity index (χ2v) is 7.21. The molecule has 0 bridgehead atoms. The van der Waals surface area contributed by atoms with Gasteiger partial charge in [0.05, 0.1) is 16.8 Å². The van der Waals surface area contributed by atoms with Gasteiger partial charge in [-0.2, -0.15) is 9.41 Å². The SMILES string of the molecule is CCN(CC)S(=O)(=O)c1cc([N+](=O)[O-])ccc1N/N=C\c1ccccc1. The molecule has 0 radical (unpaired) electrons. The molecule has 8 nitrogen and oxygen atoms in total. The van der Waals surface area contributed by atoms with Crippen LogP contribution < -0.4 is 5.43 Å². The normalized spacial score (nSPS) is 11.8. The molecule has 0 saturated carbocycles. The van der Waals surface area contributed by atoms with Crippen LogP contribution in [-0.4, -0.2) is 37.0 Å². The summed E-state index contributed by atoms with van der Waals surface area (Å²) in [5.41, 5.74) is 3.38. The lowest BCUT2D eigenvalue weighted by atomic mass is 10.2. The Labute approximate surface area is 152 Å². The van der Waals surface area contributed by atoms with Gasteiger partial charge in [-0.05, 0) is 11.6 Å². The third-order valence-electron chi connectivity index (χ3n) is 3.70. The van der Waals surface area contributed by atoms with Crippen molar-refractivity contribution >= 4 is 27.6 Å². The smallest absolute Gasteiger partial charge is 0.270 e. The van der Waals surface area contributed by atoms with E-state index in [9.17, 15) is 18.5 Å².